The van der Waals surface area contributed by atoms with Crippen LogP contribution in [0.3, 0.4) is 0 Å². The fourth-order valence-corrected chi connectivity index (χ4v) is 3.02. The molecule has 16 heavy (non-hydrogen) atoms. The van der Waals surface area contributed by atoms with Gasteiger partial charge in [0.15, 0.2) is 0 Å². The lowest BCUT2D eigenvalue weighted by molar-refractivity contribution is 0.252. The Labute approximate surface area is 108 Å². The average Bonchev–Trinajstić information content (AvgIpc) is 3.03. The SMILES string of the molecule is Clc1cc(Br)cc2c1OCCC2NC1CC1. The Morgan fingerprint density at radius 1 is 1.31 bits per heavy atom. The van der Waals surface area contributed by atoms with E-state index in [2.05, 4.69) is 27.3 Å². The smallest absolute Gasteiger partial charge is 0.142 e. The van der Waals surface area contributed by atoms with Gasteiger partial charge in [0.25, 0.3) is 0 Å². The second-order valence-corrected chi connectivity index (χ2v) is 5.76. The molecule has 0 spiro atoms. The summed E-state index contributed by atoms with van der Waals surface area (Å²) in [4.78, 5) is 0. The van der Waals surface area contributed by atoms with Crippen molar-refractivity contribution in [3.63, 3.8) is 0 Å². The number of fused-ring (bicyclic) bond motifs is 1. The molecular weight excluding hydrogens is 289 g/mol. The zero-order chi connectivity index (χ0) is 11.1. The first-order valence-corrected chi connectivity index (χ1v) is 6.79. The molecule has 2 nitrogen and oxygen atoms in total. The topological polar surface area (TPSA) is 21.3 Å². The van der Waals surface area contributed by atoms with Gasteiger partial charge in [0.2, 0.25) is 0 Å². The Kier molecular flexibility index (Phi) is 2.86. The van der Waals surface area contributed by atoms with Crippen LogP contribution in [0.1, 0.15) is 30.9 Å². The number of benzene rings is 1. The molecule has 0 aromatic heterocycles. The van der Waals surface area contributed by atoms with Gasteiger partial charge in [-0.1, -0.05) is 27.5 Å². The number of rotatable bonds is 2. The summed E-state index contributed by atoms with van der Waals surface area (Å²) in [7, 11) is 0. The molecule has 1 unspecified atom stereocenters. The predicted molar refractivity (Wildman–Crippen MR) is 68.2 cm³/mol. The standard InChI is InChI=1S/C12H13BrClNO/c13-7-5-9-11(15-8-1-2-8)3-4-16-12(9)10(14)6-7/h5-6,8,11,15H,1-4H2. The van der Waals surface area contributed by atoms with E-state index in [0.717, 1.165) is 23.2 Å². The van der Waals surface area contributed by atoms with Crippen LogP contribution < -0.4 is 10.1 Å². The van der Waals surface area contributed by atoms with E-state index >= 15 is 0 Å². The molecule has 1 fully saturated rings. The van der Waals surface area contributed by atoms with Crippen LogP contribution in [0.5, 0.6) is 5.75 Å². The fraction of sp³-hybridized carbons (Fsp3) is 0.500. The van der Waals surface area contributed by atoms with Crippen molar-refractivity contribution in [3.8, 4) is 5.75 Å². The molecule has 4 heteroatoms. The van der Waals surface area contributed by atoms with Crippen molar-refractivity contribution in [2.45, 2.75) is 31.3 Å². The minimum absolute atomic E-state index is 0.395. The number of halogens is 2. The molecule has 2 aliphatic rings. The largest absolute Gasteiger partial charge is 0.492 e. The molecule has 1 heterocycles. The lowest BCUT2D eigenvalue weighted by atomic mass is 10.0. The fourth-order valence-electron chi connectivity index (χ4n) is 2.13. The van der Waals surface area contributed by atoms with Crippen LogP contribution in [-0.4, -0.2) is 12.6 Å². The van der Waals surface area contributed by atoms with Gasteiger partial charge in [0.05, 0.1) is 11.6 Å². The van der Waals surface area contributed by atoms with Crippen LogP contribution in [0.25, 0.3) is 0 Å². The summed E-state index contributed by atoms with van der Waals surface area (Å²) >= 11 is 9.66. The van der Waals surface area contributed by atoms with Crippen LogP contribution in [0.4, 0.5) is 0 Å². The van der Waals surface area contributed by atoms with E-state index in [-0.39, 0.29) is 0 Å². The maximum Gasteiger partial charge on any atom is 0.142 e. The van der Waals surface area contributed by atoms with Gasteiger partial charge in [0, 0.05) is 28.5 Å². The summed E-state index contributed by atoms with van der Waals surface area (Å²) in [5.74, 6) is 0.856. The monoisotopic (exact) mass is 301 g/mol. The molecular formula is C12H13BrClNO. The van der Waals surface area contributed by atoms with Crippen LogP contribution in [0, 0.1) is 0 Å². The van der Waals surface area contributed by atoms with E-state index in [9.17, 15) is 0 Å². The number of ether oxygens (including phenoxy) is 1. The Bertz CT molecular complexity index is 420. The van der Waals surface area contributed by atoms with Crippen molar-refractivity contribution < 1.29 is 4.74 Å². The summed E-state index contributed by atoms with van der Waals surface area (Å²) in [6.45, 7) is 0.749. The molecule has 1 aromatic rings. The summed E-state index contributed by atoms with van der Waals surface area (Å²) in [6, 6.07) is 5.10. The molecule has 1 aromatic carbocycles. The molecule has 0 bridgehead atoms. The molecule has 1 aliphatic heterocycles. The van der Waals surface area contributed by atoms with E-state index in [1.54, 1.807) is 0 Å². The molecule has 1 aliphatic carbocycles. The van der Waals surface area contributed by atoms with Crippen molar-refractivity contribution in [2.24, 2.45) is 0 Å². The lowest BCUT2D eigenvalue weighted by Gasteiger charge is -2.27. The van der Waals surface area contributed by atoms with Crippen LogP contribution in [0.15, 0.2) is 16.6 Å². The van der Waals surface area contributed by atoms with Crippen molar-refractivity contribution in [1.82, 2.24) is 5.32 Å². The van der Waals surface area contributed by atoms with Crippen LogP contribution in [-0.2, 0) is 0 Å². The first-order chi connectivity index (χ1) is 7.74. The molecule has 0 saturated heterocycles. The number of hydrogen-bond acceptors (Lipinski definition) is 2. The Morgan fingerprint density at radius 3 is 2.88 bits per heavy atom. The van der Waals surface area contributed by atoms with Crippen LogP contribution >= 0.6 is 27.5 Å². The average molecular weight is 303 g/mol. The molecule has 1 atom stereocenters. The van der Waals surface area contributed by atoms with Crippen molar-refractivity contribution in [2.75, 3.05) is 6.61 Å². The minimum atomic E-state index is 0.395. The van der Waals surface area contributed by atoms with E-state index < -0.39 is 0 Å². The third kappa shape index (κ3) is 2.08. The third-order valence-corrected chi connectivity index (χ3v) is 3.82. The highest BCUT2D eigenvalue weighted by Gasteiger charge is 2.29. The normalized spacial score (nSPS) is 23.8. The van der Waals surface area contributed by atoms with Crippen molar-refractivity contribution in [3.05, 3.63) is 27.2 Å². The summed E-state index contributed by atoms with van der Waals surface area (Å²) < 4.78 is 6.67. The highest BCUT2D eigenvalue weighted by molar-refractivity contribution is 9.10. The van der Waals surface area contributed by atoms with E-state index in [0.29, 0.717) is 17.1 Å². The highest BCUT2D eigenvalue weighted by Crippen LogP contribution is 2.41. The van der Waals surface area contributed by atoms with Gasteiger partial charge in [-0.05, 0) is 25.0 Å². The Morgan fingerprint density at radius 2 is 2.12 bits per heavy atom. The molecule has 0 amide bonds. The van der Waals surface area contributed by atoms with Crippen molar-refractivity contribution >= 4 is 27.5 Å². The molecule has 1 saturated carbocycles. The Hall–Kier alpha value is -0.250. The first-order valence-electron chi connectivity index (χ1n) is 5.62. The molecule has 3 rings (SSSR count). The number of nitrogens with one attached hydrogen (secondary N) is 1. The quantitative estimate of drug-likeness (QED) is 0.900. The van der Waals surface area contributed by atoms with Gasteiger partial charge in [-0.3, -0.25) is 0 Å². The minimum Gasteiger partial charge on any atom is -0.492 e. The second kappa shape index (κ2) is 4.21. The molecule has 86 valence electrons. The summed E-state index contributed by atoms with van der Waals surface area (Å²) in [5, 5.41) is 4.34. The van der Waals surface area contributed by atoms with Crippen molar-refractivity contribution in [1.29, 1.82) is 0 Å². The molecule has 1 N–H and O–H groups in total. The lowest BCUT2D eigenvalue weighted by Crippen LogP contribution is -2.28. The van der Waals surface area contributed by atoms with Crippen LogP contribution in [0.2, 0.25) is 5.02 Å². The third-order valence-electron chi connectivity index (χ3n) is 3.08. The van der Waals surface area contributed by atoms with E-state index in [1.165, 1.54) is 18.4 Å². The van der Waals surface area contributed by atoms with Gasteiger partial charge < -0.3 is 10.1 Å². The Balaban J connectivity index is 1.95. The van der Waals surface area contributed by atoms with E-state index in [4.69, 9.17) is 16.3 Å². The maximum atomic E-state index is 6.18. The second-order valence-electron chi connectivity index (χ2n) is 4.44. The maximum absolute atomic E-state index is 6.18. The van der Waals surface area contributed by atoms with Gasteiger partial charge in [0.1, 0.15) is 5.75 Å². The van der Waals surface area contributed by atoms with Gasteiger partial charge in [-0.25, -0.2) is 0 Å². The van der Waals surface area contributed by atoms with Gasteiger partial charge in [-0.2, -0.15) is 0 Å². The predicted octanol–water partition coefficient (Wildman–Crippen LogP) is 3.68. The summed E-state index contributed by atoms with van der Waals surface area (Å²) in [6.07, 6.45) is 3.62. The number of hydrogen-bond donors (Lipinski definition) is 1. The first kappa shape index (κ1) is 10.9. The highest BCUT2D eigenvalue weighted by atomic mass is 79.9. The molecule has 0 radical (unpaired) electrons. The van der Waals surface area contributed by atoms with Gasteiger partial charge in [-0.15, -0.1) is 0 Å². The van der Waals surface area contributed by atoms with E-state index in [1.807, 2.05) is 6.07 Å². The summed E-state index contributed by atoms with van der Waals surface area (Å²) in [5.41, 5.74) is 1.19. The zero-order valence-corrected chi connectivity index (χ0v) is 11.1. The van der Waals surface area contributed by atoms with Gasteiger partial charge >= 0.3 is 0 Å². The zero-order valence-electron chi connectivity index (χ0n) is 8.80.